The van der Waals surface area contributed by atoms with Crippen LogP contribution in [0.15, 0.2) is 12.1 Å². The first-order chi connectivity index (χ1) is 18.4. The van der Waals surface area contributed by atoms with Crippen LogP contribution < -0.4 is 20.1 Å². The lowest BCUT2D eigenvalue weighted by atomic mass is 9.75. The molecule has 0 radical (unpaired) electrons. The van der Waals surface area contributed by atoms with Gasteiger partial charge in [-0.2, -0.15) is 0 Å². The molecular formula is C28H35F3N2O6. The minimum Gasteiger partial charge on any atom is -0.496 e. The van der Waals surface area contributed by atoms with Crippen LogP contribution in [0.4, 0.5) is 13.2 Å². The van der Waals surface area contributed by atoms with Crippen molar-refractivity contribution in [2.24, 2.45) is 23.2 Å². The van der Waals surface area contributed by atoms with Crippen LogP contribution in [0.3, 0.4) is 0 Å². The molecule has 0 aromatic heterocycles. The molecule has 4 aliphatic carbocycles. The van der Waals surface area contributed by atoms with Crippen LogP contribution in [0.25, 0.3) is 0 Å². The van der Waals surface area contributed by atoms with Gasteiger partial charge in [0.25, 0.3) is 11.8 Å². The average Bonchev–Trinajstić information content (AvgIpc) is 3.47. The zero-order valence-electron chi connectivity index (χ0n) is 22.1. The summed E-state index contributed by atoms with van der Waals surface area (Å²) in [5.41, 5.74) is -0.785. The van der Waals surface area contributed by atoms with Gasteiger partial charge < -0.3 is 25.2 Å². The molecule has 5 rings (SSSR count). The lowest BCUT2D eigenvalue weighted by molar-refractivity contribution is -0.150. The molecule has 4 atom stereocenters. The van der Waals surface area contributed by atoms with E-state index in [2.05, 4.69) is 10.6 Å². The third kappa shape index (κ3) is 5.41. The molecule has 39 heavy (non-hydrogen) atoms. The monoisotopic (exact) mass is 552 g/mol. The zero-order valence-corrected chi connectivity index (χ0v) is 22.1. The number of halogens is 3. The standard InChI is InChI=1S/C28H35F3N2O6/c1-27(26(36)37)7-5-17(6-8-27)39-21-10-18(20(38-2)11-19(21)29)24(34)33-23-15-4-3-14(9-15)22(23)25(35)32-16-12-28(30,31)13-16/h10-11,14-17,22-23H,3-9,12-13H2,1-2H3,(H,32,35)(H,33,34)(H,36,37)/t14-,15+,17?,22+,23-,27?/m1/s1. The quantitative estimate of drug-likeness (QED) is 0.443. The van der Waals surface area contributed by atoms with Gasteiger partial charge in [0.05, 0.1) is 30.1 Å². The van der Waals surface area contributed by atoms with Crippen molar-refractivity contribution in [3.8, 4) is 11.5 Å². The van der Waals surface area contributed by atoms with Crippen molar-refractivity contribution < 1.29 is 42.1 Å². The second-order valence-corrected chi connectivity index (χ2v) is 12.0. The van der Waals surface area contributed by atoms with Gasteiger partial charge in [-0.3, -0.25) is 14.4 Å². The summed E-state index contributed by atoms with van der Waals surface area (Å²) in [6, 6.07) is 1.33. The molecule has 1 aromatic carbocycles. The number of carboxylic acid groups (broad SMARTS) is 1. The number of amides is 2. The van der Waals surface area contributed by atoms with Crippen LogP contribution in [-0.2, 0) is 9.59 Å². The molecule has 0 saturated heterocycles. The fourth-order valence-corrected chi connectivity index (χ4v) is 6.88. The Morgan fingerprint density at radius 3 is 2.28 bits per heavy atom. The SMILES string of the molecule is COc1cc(F)c(OC2CCC(C)(C(=O)O)CC2)cc1C(=O)N[C@@H]1[C@H]2CC[C@H](C2)[C@@H]1C(=O)NC1CC(F)(F)C1. The number of fused-ring (bicyclic) bond motifs is 2. The second-order valence-electron chi connectivity index (χ2n) is 12.0. The van der Waals surface area contributed by atoms with Crippen molar-refractivity contribution in [3.05, 3.63) is 23.5 Å². The van der Waals surface area contributed by atoms with Crippen LogP contribution >= 0.6 is 0 Å². The van der Waals surface area contributed by atoms with Crippen LogP contribution in [-0.4, -0.2) is 54.1 Å². The normalized spacial score (nSPS) is 33.2. The number of nitrogens with one attached hydrogen (secondary N) is 2. The summed E-state index contributed by atoms with van der Waals surface area (Å²) in [7, 11) is 1.32. The van der Waals surface area contributed by atoms with Gasteiger partial charge in [0.15, 0.2) is 11.6 Å². The van der Waals surface area contributed by atoms with Gasteiger partial charge in [-0.25, -0.2) is 13.2 Å². The average molecular weight is 553 g/mol. The van der Waals surface area contributed by atoms with Gasteiger partial charge in [0, 0.05) is 31.0 Å². The Morgan fingerprint density at radius 1 is 1.00 bits per heavy atom. The third-order valence-corrected chi connectivity index (χ3v) is 9.30. The Morgan fingerprint density at radius 2 is 1.67 bits per heavy atom. The maximum absolute atomic E-state index is 14.9. The molecule has 4 aliphatic rings. The van der Waals surface area contributed by atoms with Gasteiger partial charge in [-0.05, 0) is 69.8 Å². The predicted octanol–water partition coefficient (Wildman–Crippen LogP) is 4.31. The lowest BCUT2D eigenvalue weighted by Gasteiger charge is -2.38. The first-order valence-corrected chi connectivity index (χ1v) is 13.7. The number of carbonyl (C=O) groups is 3. The first-order valence-electron chi connectivity index (χ1n) is 13.7. The summed E-state index contributed by atoms with van der Waals surface area (Å²) in [5, 5.41) is 15.1. The minimum atomic E-state index is -2.74. The van der Waals surface area contributed by atoms with Gasteiger partial charge in [-0.1, -0.05) is 0 Å². The summed E-state index contributed by atoms with van der Waals surface area (Å²) >= 11 is 0. The highest BCUT2D eigenvalue weighted by Crippen LogP contribution is 2.49. The number of ether oxygens (including phenoxy) is 2. The van der Waals surface area contributed by atoms with Crippen LogP contribution in [0.5, 0.6) is 11.5 Å². The van der Waals surface area contributed by atoms with Crippen molar-refractivity contribution in [1.82, 2.24) is 10.6 Å². The molecule has 8 nitrogen and oxygen atoms in total. The second kappa shape index (κ2) is 10.2. The van der Waals surface area contributed by atoms with E-state index in [1.54, 1.807) is 6.92 Å². The third-order valence-electron chi connectivity index (χ3n) is 9.30. The molecule has 0 heterocycles. The molecule has 4 saturated carbocycles. The van der Waals surface area contributed by atoms with Crippen molar-refractivity contribution in [1.29, 1.82) is 0 Å². The van der Waals surface area contributed by atoms with E-state index in [0.717, 1.165) is 25.3 Å². The molecule has 3 N–H and O–H groups in total. The van der Waals surface area contributed by atoms with Crippen molar-refractivity contribution in [2.45, 2.75) is 88.8 Å². The van der Waals surface area contributed by atoms with Gasteiger partial charge in [0.1, 0.15) is 5.75 Å². The van der Waals surface area contributed by atoms with E-state index in [4.69, 9.17) is 9.47 Å². The Labute approximate surface area is 225 Å². The van der Waals surface area contributed by atoms with Gasteiger partial charge >= 0.3 is 5.97 Å². The van der Waals surface area contributed by atoms with E-state index in [9.17, 15) is 32.7 Å². The van der Waals surface area contributed by atoms with Crippen LogP contribution in [0, 0.1) is 29.0 Å². The molecule has 0 spiro atoms. The van der Waals surface area contributed by atoms with Gasteiger partial charge in [0.2, 0.25) is 5.91 Å². The van der Waals surface area contributed by atoms with Gasteiger partial charge in [-0.15, -0.1) is 0 Å². The number of rotatable bonds is 8. The molecule has 11 heteroatoms. The number of hydrogen-bond acceptors (Lipinski definition) is 5. The van der Waals surface area contributed by atoms with E-state index in [1.807, 2.05) is 0 Å². The highest BCUT2D eigenvalue weighted by Gasteiger charge is 2.53. The van der Waals surface area contributed by atoms with E-state index >= 15 is 0 Å². The van der Waals surface area contributed by atoms with Crippen molar-refractivity contribution >= 4 is 17.8 Å². The first kappa shape index (κ1) is 27.6. The fraction of sp³-hybridized carbons (Fsp3) is 0.679. The molecule has 2 amide bonds. The molecule has 0 aliphatic heterocycles. The number of aliphatic carboxylic acids is 1. The number of carboxylic acids is 1. The Hall–Kier alpha value is -2.98. The van der Waals surface area contributed by atoms with E-state index in [1.165, 1.54) is 13.2 Å². The molecular weight excluding hydrogens is 517 g/mol. The summed E-state index contributed by atoms with van der Waals surface area (Å²) in [6.07, 6.45) is 2.99. The molecule has 0 unspecified atom stereocenters. The smallest absolute Gasteiger partial charge is 0.309 e. The summed E-state index contributed by atoms with van der Waals surface area (Å²) in [5.74, 6) is -5.64. The van der Waals surface area contributed by atoms with Crippen LogP contribution in [0.2, 0.25) is 0 Å². The van der Waals surface area contributed by atoms with E-state index in [-0.39, 0.29) is 47.6 Å². The van der Waals surface area contributed by atoms with E-state index < -0.39 is 53.1 Å². The number of methoxy groups -OCH3 is 1. The lowest BCUT2D eigenvalue weighted by Crippen LogP contribution is -2.56. The number of benzene rings is 1. The molecule has 214 valence electrons. The highest BCUT2D eigenvalue weighted by atomic mass is 19.3. The Balaban J connectivity index is 1.28. The molecule has 4 fully saturated rings. The highest BCUT2D eigenvalue weighted by molar-refractivity contribution is 5.98. The molecule has 1 aromatic rings. The fourth-order valence-electron chi connectivity index (χ4n) is 6.88. The summed E-state index contributed by atoms with van der Waals surface area (Å²) in [6.45, 7) is 1.69. The Bertz CT molecular complexity index is 1140. The zero-order chi connectivity index (χ0) is 28.1. The van der Waals surface area contributed by atoms with Crippen molar-refractivity contribution in [2.75, 3.05) is 7.11 Å². The number of alkyl halides is 2. The maximum atomic E-state index is 14.9. The molecule has 2 bridgehead atoms. The topological polar surface area (TPSA) is 114 Å². The Kier molecular flexibility index (Phi) is 7.22. The maximum Gasteiger partial charge on any atom is 0.309 e. The summed E-state index contributed by atoms with van der Waals surface area (Å²) in [4.78, 5) is 38.0. The predicted molar refractivity (Wildman–Crippen MR) is 133 cm³/mol. The van der Waals surface area contributed by atoms with Crippen LogP contribution in [0.1, 0.15) is 75.1 Å². The minimum absolute atomic E-state index is 0.0142. The summed E-state index contributed by atoms with van der Waals surface area (Å²) < 4.78 is 52.6. The number of carbonyl (C=O) groups excluding carboxylic acids is 2. The van der Waals surface area contributed by atoms with Crippen molar-refractivity contribution in [3.63, 3.8) is 0 Å². The largest absolute Gasteiger partial charge is 0.496 e. The number of hydrogen-bond donors (Lipinski definition) is 3. The van der Waals surface area contributed by atoms with E-state index in [0.29, 0.717) is 25.7 Å².